The number of hydrogen-bond donors (Lipinski definition) is 3. The zero-order valence-corrected chi connectivity index (χ0v) is 30.3. The van der Waals surface area contributed by atoms with Crippen molar-refractivity contribution in [3.05, 3.63) is 24.3 Å². The first kappa shape index (κ1) is 43.8. The molecule has 266 valence electrons. The van der Waals surface area contributed by atoms with Crippen molar-refractivity contribution in [3.8, 4) is 0 Å². The topological polar surface area (TPSA) is 104 Å². The molecule has 0 saturated heterocycles. The van der Waals surface area contributed by atoms with Gasteiger partial charge in [0.25, 0.3) is 10.1 Å². The van der Waals surface area contributed by atoms with E-state index in [1.54, 1.807) is 6.08 Å². The monoisotopic (exact) mass is 656 g/mol. The van der Waals surface area contributed by atoms with E-state index >= 15 is 0 Å². The highest BCUT2D eigenvalue weighted by atomic mass is 32.2. The summed E-state index contributed by atoms with van der Waals surface area (Å²) in [7, 11) is -4.34. The van der Waals surface area contributed by atoms with E-state index in [4.69, 9.17) is 0 Å². The maximum atomic E-state index is 12.5. The van der Waals surface area contributed by atoms with Crippen LogP contribution in [0.4, 0.5) is 0 Å². The van der Waals surface area contributed by atoms with Crippen LogP contribution in [0.25, 0.3) is 0 Å². The fraction of sp³-hybridized carbons (Fsp3) is 0.868. The van der Waals surface area contributed by atoms with E-state index in [0.717, 1.165) is 57.8 Å². The zero-order chi connectivity index (χ0) is 33.3. The summed E-state index contributed by atoms with van der Waals surface area (Å²) in [5, 5.41) is 13.2. The Morgan fingerprint density at radius 1 is 0.578 bits per heavy atom. The van der Waals surface area contributed by atoms with E-state index in [1.807, 2.05) is 6.08 Å². The summed E-state index contributed by atoms with van der Waals surface area (Å²) in [6.45, 7) is 4.50. The van der Waals surface area contributed by atoms with Gasteiger partial charge in [-0.05, 0) is 44.9 Å². The fourth-order valence-electron chi connectivity index (χ4n) is 5.74. The second-order valence-electron chi connectivity index (χ2n) is 13.2. The van der Waals surface area contributed by atoms with Crippen LogP contribution in [0.15, 0.2) is 24.3 Å². The molecule has 0 rings (SSSR count). The summed E-state index contributed by atoms with van der Waals surface area (Å²) in [4.78, 5) is 12.5. The van der Waals surface area contributed by atoms with Gasteiger partial charge in [-0.3, -0.25) is 9.35 Å². The van der Waals surface area contributed by atoms with Crippen LogP contribution in [-0.4, -0.2) is 41.9 Å². The van der Waals surface area contributed by atoms with Crippen molar-refractivity contribution in [2.75, 3.05) is 5.75 Å². The summed E-state index contributed by atoms with van der Waals surface area (Å²) in [5.41, 5.74) is 0. The predicted octanol–water partition coefficient (Wildman–Crippen LogP) is 10.8. The Bertz CT molecular complexity index is 811. The summed E-state index contributed by atoms with van der Waals surface area (Å²) in [5.74, 6) is -0.986. The molecule has 0 spiro atoms. The Kier molecular flexibility index (Phi) is 31.9. The van der Waals surface area contributed by atoms with E-state index in [1.165, 1.54) is 116 Å². The molecule has 2 unspecified atom stereocenters. The van der Waals surface area contributed by atoms with Crippen molar-refractivity contribution in [1.82, 2.24) is 5.32 Å². The van der Waals surface area contributed by atoms with Crippen molar-refractivity contribution in [2.24, 2.45) is 0 Å². The lowest BCUT2D eigenvalue weighted by Gasteiger charge is -2.21. The third kappa shape index (κ3) is 34.0. The molecule has 0 radical (unpaired) electrons. The van der Waals surface area contributed by atoms with Gasteiger partial charge in [-0.25, -0.2) is 0 Å². The standard InChI is InChI=1S/C38H73NO5S/c1-3-5-7-9-11-13-15-17-19-21-23-25-27-29-31-33-37(40)36(35-45(42,43)44)39-38(41)34-32-30-28-26-24-22-20-18-16-14-12-10-8-6-4-2/h18,20,31,33,36-37,40H,3-17,19,21-30,32,34-35H2,1-2H3,(H,39,41)(H,42,43,44)/b20-18-,33-31+. The van der Waals surface area contributed by atoms with E-state index in [2.05, 4.69) is 31.3 Å². The fourth-order valence-corrected chi connectivity index (χ4v) is 6.47. The van der Waals surface area contributed by atoms with Crippen molar-refractivity contribution < 1.29 is 22.9 Å². The van der Waals surface area contributed by atoms with Gasteiger partial charge in [-0.1, -0.05) is 167 Å². The van der Waals surface area contributed by atoms with Gasteiger partial charge in [0.2, 0.25) is 5.91 Å². The highest BCUT2D eigenvalue weighted by Gasteiger charge is 2.24. The molecule has 0 heterocycles. The number of unbranched alkanes of at least 4 members (excludes halogenated alkanes) is 24. The lowest BCUT2D eigenvalue weighted by atomic mass is 10.0. The number of hydrogen-bond acceptors (Lipinski definition) is 4. The molecule has 0 fully saturated rings. The van der Waals surface area contributed by atoms with E-state index in [9.17, 15) is 22.9 Å². The average Bonchev–Trinajstić information content (AvgIpc) is 3.00. The molecule has 0 aromatic rings. The lowest BCUT2D eigenvalue weighted by Crippen LogP contribution is -2.46. The molecule has 0 bridgehead atoms. The molecule has 0 aliphatic carbocycles. The molecule has 0 saturated carbocycles. The third-order valence-corrected chi connectivity index (χ3v) is 9.40. The molecule has 45 heavy (non-hydrogen) atoms. The van der Waals surface area contributed by atoms with Crippen molar-refractivity contribution >= 4 is 16.0 Å². The van der Waals surface area contributed by atoms with Crippen LogP contribution in [0.1, 0.15) is 194 Å². The van der Waals surface area contributed by atoms with Gasteiger partial charge in [-0.2, -0.15) is 8.42 Å². The van der Waals surface area contributed by atoms with Gasteiger partial charge < -0.3 is 10.4 Å². The molecule has 1 amide bonds. The quantitative estimate of drug-likeness (QED) is 0.0363. The first-order chi connectivity index (χ1) is 21.8. The third-order valence-electron chi connectivity index (χ3n) is 8.62. The van der Waals surface area contributed by atoms with Crippen LogP contribution in [-0.2, 0) is 14.9 Å². The molecule has 7 heteroatoms. The van der Waals surface area contributed by atoms with E-state index < -0.39 is 28.0 Å². The molecule has 6 nitrogen and oxygen atoms in total. The maximum Gasteiger partial charge on any atom is 0.267 e. The van der Waals surface area contributed by atoms with Gasteiger partial charge in [0.1, 0.15) is 0 Å². The minimum atomic E-state index is -4.34. The number of aliphatic hydroxyl groups is 1. The molecule has 0 aromatic heterocycles. The van der Waals surface area contributed by atoms with Crippen LogP contribution in [0, 0.1) is 0 Å². The average molecular weight is 656 g/mol. The largest absolute Gasteiger partial charge is 0.387 e. The molecular formula is C38H73NO5S. The molecule has 0 aromatic carbocycles. The molecule has 3 N–H and O–H groups in total. The smallest absolute Gasteiger partial charge is 0.267 e. The Morgan fingerprint density at radius 3 is 1.33 bits per heavy atom. The Morgan fingerprint density at radius 2 is 0.933 bits per heavy atom. The van der Waals surface area contributed by atoms with Gasteiger partial charge >= 0.3 is 0 Å². The first-order valence-electron chi connectivity index (χ1n) is 19.0. The van der Waals surface area contributed by atoms with Crippen molar-refractivity contribution in [1.29, 1.82) is 0 Å². The second-order valence-corrected chi connectivity index (χ2v) is 14.7. The van der Waals surface area contributed by atoms with E-state index in [-0.39, 0.29) is 12.3 Å². The summed E-state index contributed by atoms with van der Waals surface area (Å²) >= 11 is 0. The highest BCUT2D eigenvalue weighted by molar-refractivity contribution is 7.85. The first-order valence-corrected chi connectivity index (χ1v) is 20.6. The highest BCUT2D eigenvalue weighted by Crippen LogP contribution is 2.14. The predicted molar refractivity (Wildman–Crippen MR) is 193 cm³/mol. The Balaban J connectivity index is 3.98. The molecule has 0 aliphatic rings. The van der Waals surface area contributed by atoms with Crippen LogP contribution in [0.3, 0.4) is 0 Å². The number of rotatable bonds is 34. The Labute approximate surface area is 279 Å². The molecule has 0 aliphatic heterocycles. The van der Waals surface area contributed by atoms with Crippen molar-refractivity contribution in [3.63, 3.8) is 0 Å². The molecular weight excluding hydrogens is 582 g/mol. The zero-order valence-electron chi connectivity index (χ0n) is 29.5. The maximum absolute atomic E-state index is 12.5. The van der Waals surface area contributed by atoms with Crippen LogP contribution < -0.4 is 5.32 Å². The van der Waals surface area contributed by atoms with Crippen LogP contribution in [0.5, 0.6) is 0 Å². The number of allylic oxidation sites excluding steroid dienone is 3. The van der Waals surface area contributed by atoms with Gasteiger partial charge in [-0.15, -0.1) is 0 Å². The van der Waals surface area contributed by atoms with Gasteiger partial charge in [0.05, 0.1) is 17.9 Å². The number of amides is 1. The SMILES string of the molecule is CCCCCCCC/C=C\CCCCCCCC(=O)NC(CS(=O)(=O)O)C(O)/C=C/CCCCCCCCCCCCCCC. The normalized spacial score (nSPS) is 13.6. The Hall–Kier alpha value is -1.18. The summed E-state index contributed by atoms with van der Waals surface area (Å²) in [6.07, 6.45) is 40.1. The van der Waals surface area contributed by atoms with Gasteiger partial charge in [0, 0.05) is 6.42 Å². The van der Waals surface area contributed by atoms with Crippen LogP contribution in [0.2, 0.25) is 0 Å². The minimum Gasteiger partial charge on any atom is -0.387 e. The number of nitrogens with one attached hydrogen (secondary N) is 1. The summed E-state index contributed by atoms with van der Waals surface area (Å²) in [6, 6.07) is -1.06. The number of carbonyl (C=O) groups is 1. The lowest BCUT2D eigenvalue weighted by molar-refractivity contribution is -0.122. The second kappa shape index (κ2) is 32.7. The van der Waals surface area contributed by atoms with E-state index in [0.29, 0.717) is 0 Å². The van der Waals surface area contributed by atoms with Crippen molar-refractivity contribution in [2.45, 2.75) is 206 Å². The van der Waals surface area contributed by atoms with Gasteiger partial charge in [0.15, 0.2) is 0 Å². The number of carbonyl (C=O) groups excluding carboxylic acids is 1. The minimum absolute atomic E-state index is 0.287. The van der Waals surface area contributed by atoms with Crippen LogP contribution >= 0.6 is 0 Å². The molecule has 2 atom stereocenters. The number of aliphatic hydroxyl groups excluding tert-OH is 1. The summed E-state index contributed by atoms with van der Waals surface area (Å²) < 4.78 is 32.4.